The zero-order valence-electron chi connectivity index (χ0n) is 13.8. The van der Waals surface area contributed by atoms with Gasteiger partial charge in [0.05, 0.1) is 12.8 Å². The highest BCUT2D eigenvalue weighted by molar-refractivity contribution is 6.15. The molecule has 1 amide bonds. The predicted octanol–water partition coefficient (Wildman–Crippen LogP) is 5.25. The smallest absolute Gasteiger partial charge is 0.256 e. The lowest BCUT2D eigenvalue weighted by Crippen LogP contribution is -2.13. The summed E-state index contributed by atoms with van der Waals surface area (Å²) >= 11 is 0. The Bertz CT molecular complexity index is 1090. The molecular formula is C22H17NO2. The second kappa shape index (κ2) is 6.29. The maximum Gasteiger partial charge on any atom is 0.256 e. The van der Waals surface area contributed by atoms with E-state index in [1.54, 1.807) is 7.11 Å². The van der Waals surface area contributed by atoms with E-state index in [0.29, 0.717) is 17.0 Å². The first-order valence-electron chi connectivity index (χ1n) is 8.12. The van der Waals surface area contributed by atoms with Crippen LogP contribution in [0.25, 0.3) is 21.5 Å². The molecule has 3 nitrogen and oxygen atoms in total. The average Bonchev–Trinajstić information content (AvgIpc) is 2.66. The Hall–Kier alpha value is -3.33. The molecule has 0 aliphatic carbocycles. The number of benzene rings is 4. The van der Waals surface area contributed by atoms with E-state index >= 15 is 0 Å². The van der Waals surface area contributed by atoms with E-state index in [1.807, 2.05) is 54.6 Å². The van der Waals surface area contributed by atoms with Crippen molar-refractivity contribution in [2.45, 2.75) is 0 Å². The molecule has 25 heavy (non-hydrogen) atoms. The largest absolute Gasteiger partial charge is 0.495 e. The molecule has 0 fully saturated rings. The minimum atomic E-state index is -0.148. The van der Waals surface area contributed by atoms with Crippen LogP contribution in [0.5, 0.6) is 5.75 Å². The van der Waals surface area contributed by atoms with Gasteiger partial charge in [-0.3, -0.25) is 4.79 Å². The fourth-order valence-electron chi connectivity index (χ4n) is 3.10. The summed E-state index contributed by atoms with van der Waals surface area (Å²) in [6.07, 6.45) is 0. The zero-order valence-corrected chi connectivity index (χ0v) is 13.8. The van der Waals surface area contributed by atoms with Crippen molar-refractivity contribution in [3.63, 3.8) is 0 Å². The summed E-state index contributed by atoms with van der Waals surface area (Å²) in [4.78, 5) is 12.9. The Kier molecular flexibility index (Phi) is 3.82. The van der Waals surface area contributed by atoms with Gasteiger partial charge in [-0.15, -0.1) is 0 Å². The van der Waals surface area contributed by atoms with Crippen molar-refractivity contribution < 1.29 is 9.53 Å². The number of ether oxygens (including phenoxy) is 1. The van der Waals surface area contributed by atoms with Crippen molar-refractivity contribution in [1.82, 2.24) is 0 Å². The van der Waals surface area contributed by atoms with Crippen molar-refractivity contribution in [3.05, 3.63) is 84.4 Å². The number of hydrogen-bond donors (Lipinski definition) is 1. The molecule has 122 valence electrons. The predicted molar refractivity (Wildman–Crippen MR) is 102 cm³/mol. The van der Waals surface area contributed by atoms with Crippen LogP contribution in [0.4, 0.5) is 5.69 Å². The van der Waals surface area contributed by atoms with Gasteiger partial charge in [-0.05, 0) is 51.9 Å². The minimum Gasteiger partial charge on any atom is -0.495 e. The van der Waals surface area contributed by atoms with Gasteiger partial charge in [0.2, 0.25) is 0 Å². The Morgan fingerprint density at radius 2 is 1.48 bits per heavy atom. The standard InChI is InChI=1S/C22H17NO2/c1-25-21-12-5-4-11-20(21)23-22(24)18-10-6-9-17-13-15-7-2-3-8-16(15)14-19(17)18/h2-14H,1H3,(H,23,24). The lowest BCUT2D eigenvalue weighted by Gasteiger charge is -2.12. The van der Waals surface area contributed by atoms with Gasteiger partial charge in [0.25, 0.3) is 5.91 Å². The second-order valence-corrected chi connectivity index (χ2v) is 5.88. The van der Waals surface area contributed by atoms with Crippen LogP contribution < -0.4 is 10.1 Å². The molecular weight excluding hydrogens is 310 g/mol. The molecule has 0 saturated heterocycles. The van der Waals surface area contributed by atoms with Gasteiger partial charge in [0.1, 0.15) is 5.75 Å². The fourth-order valence-corrected chi connectivity index (χ4v) is 3.10. The molecule has 0 unspecified atom stereocenters. The van der Waals surface area contributed by atoms with Crippen LogP contribution in [0, 0.1) is 0 Å². The second-order valence-electron chi connectivity index (χ2n) is 5.88. The molecule has 4 rings (SSSR count). The fraction of sp³-hybridized carbons (Fsp3) is 0.0455. The van der Waals surface area contributed by atoms with Crippen LogP contribution >= 0.6 is 0 Å². The quantitative estimate of drug-likeness (QED) is 0.522. The minimum absolute atomic E-state index is 0.148. The summed E-state index contributed by atoms with van der Waals surface area (Å²) in [5.41, 5.74) is 1.31. The zero-order chi connectivity index (χ0) is 17.2. The summed E-state index contributed by atoms with van der Waals surface area (Å²) in [6.45, 7) is 0. The summed E-state index contributed by atoms with van der Waals surface area (Å²) in [6, 6.07) is 25.5. The number of methoxy groups -OCH3 is 1. The number of hydrogen-bond acceptors (Lipinski definition) is 2. The maximum absolute atomic E-state index is 12.9. The lowest BCUT2D eigenvalue weighted by atomic mass is 9.99. The highest BCUT2D eigenvalue weighted by Crippen LogP contribution is 2.28. The molecule has 0 saturated carbocycles. The van der Waals surface area contributed by atoms with Crippen LogP contribution in [0.2, 0.25) is 0 Å². The van der Waals surface area contributed by atoms with E-state index < -0.39 is 0 Å². The van der Waals surface area contributed by atoms with Crippen LogP contribution in [0.1, 0.15) is 10.4 Å². The normalized spacial score (nSPS) is 10.8. The molecule has 0 aromatic heterocycles. The van der Waals surface area contributed by atoms with Gasteiger partial charge < -0.3 is 10.1 Å². The third kappa shape index (κ3) is 2.81. The molecule has 0 aliphatic heterocycles. The Labute approximate surface area is 145 Å². The Morgan fingerprint density at radius 3 is 2.28 bits per heavy atom. The number of carbonyl (C=O) groups excluding carboxylic acids is 1. The average molecular weight is 327 g/mol. The Balaban J connectivity index is 1.80. The number of para-hydroxylation sites is 2. The lowest BCUT2D eigenvalue weighted by molar-refractivity contribution is 0.102. The maximum atomic E-state index is 12.9. The third-order valence-electron chi connectivity index (χ3n) is 4.35. The first kappa shape index (κ1) is 15.2. The van der Waals surface area contributed by atoms with Crippen LogP contribution in [-0.4, -0.2) is 13.0 Å². The molecule has 4 aromatic rings. The van der Waals surface area contributed by atoms with E-state index in [9.17, 15) is 4.79 Å². The van der Waals surface area contributed by atoms with Gasteiger partial charge in [-0.2, -0.15) is 0 Å². The van der Waals surface area contributed by atoms with Crippen LogP contribution in [0.3, 0.4) is 0 Å². The highest BCUT2D eigenvalue weighted by Gasteiger charge is 2.13. The molecule has 0 atom stereocenters. The molecule has 3 heteroatoms. The Morgan fingerprint density at radius 1 is 0.800 bits per heavy atom. The van der Waals surface area contributed by atoms with Crippen LogP contribution in [0.15, 0.2) is 78.9 Å². The van der Waals surface area contributed by atoms with E-state index in [2.05, 4.69) is 29.6 Å². The topological polar surface area (TPSA) is 38.3 Å². The number of nitrogens with one attached hydrogen (secondary N) is 1. The molecule has 0 aliphatic rings. The van der Waals surface area contributed by atoms with Crippen molar-refractivity contribution in [2.24, 2.45) is 0 Å². The summed E-state index contributed by atoms with van der Waals surface area (Å²) in [7, 11) is 1.59. The van der Waals surface area contributed by atoms with Crippen molar-refractivity contribution in [3.8, 4) is 5.75 Å². The SMILES string of the molecule is COc1ccccc1NC(=O)c1cccc2cc3ccccc3cc12. The first-order valence-corrected chi connectivity index (χ1v) is 8.12. The van der Waals surface area contributed by atoms with Gasteiger partial charge >= 0.3 is 0 Å². The summed E-state index contributed by atoms with van der Waals surface area (Å²) in [5.74, 6) is 0.493. The van der Waals surface area contributed by atoms with E-state index in [0.717, 1.165) is 21.5 Å². The van der Waals surface area contributed by atoms with E-state index in [1.165, 1.54) is 0 Å². The number of anilines is 1. The number of fused-ring (bicyclic) bond motifs is 2. The number of amides is 1. The highest BCUT2D eigenvalue weighted by atomic mass is 16.5. The van der Waals surface area contributed by atoms with Crippen molar-refractivity contribution in [1.29, 1.82) is 0 Å². The number of carbonyl (C=O) groups is 1. The van der Waals surface area contributed by atoms with Crippen molar-refractivity contribution in [2.75, 3.05) is 12.4 Å². The van der Waals surface area contributed by atoms with Gasteiger partial charge in [-0.1, -0.05) is 48.5 Å². The van der Waals surface area contributed by atoms with Crippen molar-refractivity contribution >= 4 is 33.1 Å². The monoisotopic (exact) mass is 327 g/mol. The summed E-state index contributed by atoms with van der Waals surface area (Å²) < 4.78 is 5.31. The molecule has 0 bridgehead atoms. The molecule has 0 heterocycles. The molecule has 0 spiro atoms. The molecule has 4 aromatic carbocycles. The number of rotatable bonds is 3. The van der Waals surface area contributed by atoms with Gasteiger partial charge in [0, 0.05) is 5.56 Å². The van der Waals surface area contributed by atoms with Gasteiger partial charge in [0.15, 0.2) is 0 Å². The van der Waals surface area contributed by atoms with E-state index in [-0.39, 0.29) is 5.91 Å². The van der Waals surface area contributed by atoms with E-state index in [4.69, 9.17) is 4.74 Å². The molecule has 1 N–H and O–H groups in total. The van der Waals surface area contributed by atoms with Crippen LogP contribution in [-0.2, 0) is 0 Å². The molecule has 0 radical (unpaired) electrons. The first-order chi connectivity index (χ1) is 12.3. The summed E-state index contributed by atoms with van der Waals surface area (Å²) in [5, 5.41) is 7.22. The third-order valence-corrected chi connectivity index (χ3v) is 4.35. The van der Waals surface area contributed by atoms with Gasteiger partial charge in [-0.25, -0.2) is 0 Å².